The quantitative estimate of drug-likeness (QED) is 0.0596. The summed E-state index contributed by atoms with van der Waals surface area (Å²) < 4.78 is 6.04. The lowest BCUT2D eigenvalue weighted by Crippen LogP contribution is -2.57. The first-order chi connectivity index (χ1) is 30.7. The van der Waals surface area contributed by atoms with Crippen LogP contribution >= 0.6 is 22.9 Å². The number of aliphatic hydroxyl groups is 1. The number of likely N-dealkylation sites (N-methyl/N-ethyl adjacent to an activating group) is 1. The molecule has 0 radical (unpaired) electrons. The van der Waals surface area contributed by atoms with E-state index in [0.29, 0.717) is 24.6 Å². The van der Waals surface area contributed by atoms with Crippen LogP contribution in [0.25, 0.3) is 21.6 Å². The van der Waals surface area contributed by atoms with Gasteiger partial charge in [0.1, 0.15) is 24.4 Å². The molecule has 3 atom stereocenters. The maximum absolute atomic E-state index is 14.1. The molecule has 2 heterocycles. The highest BCUT2D eigenvalue weighted by atomic mass is 35.5. The lowest BCUT2D eigenvalue weighted by molar-refractivity contribution is -0.144. The van der Waals surface area contributed by atoms with E-state index in [1.165, 1.54) is 9.80 Å². The SMILES string of the molecule is Cc1ncsc1-c1ccc(CNC(=O)[C@@H]2C[C@@H](O)CN2C(=O)C(NC(=O)CCC(=O)N(C)CCOc2ccc(/C(=C(/CCCl)c3ccccc3)c3ccccc3)cc2)C(C)(C)C)cc1. The van der Waals surface area contributed by atoms with E-state index in [9.17, 15) is 24.3 Å². The van der Waals surface area contributed by atoms with Gasteiger partial charge in [0.15, 0.2) is 0 Å². The van der Waals surface area contributed by atoms with Crippen molar-refractivity contribution < 1.29 is 29.0 Å². The number of alkyl halides is 1. The first-order valence-electron chi connectivity index (χ1n) is 21.7. The summed E-state index contributed by atoms with van der Waals surface area (Å²) in [6, 6.07) is 34.4. The van der Waals surface area contributed by atoms with Gasteiger partial charge in [-0.3, -0.25) is 19.2 Å². The number of likely N-dealkylation sites (tertiary alicyclic amines) is 1. The Bertz CT molecular complexity index is 2380. The highest BCUT2D eigenvalue weighted by Crippen LogP contribution is 2.35. The number of aliphatic hydroxyl groups excluding tert-OH is 1. The molecule has 0 bridgehead atoms. The van der Waals surface area contributed by atoms with E-state index in [-0.39, 0.29) is 50.8 Å². The third kappa shape index (κ3) is 12.5. The molecule has 1 saturated heterocycles. The van der Waals surface area contributed by atoms with E-state index in [1.807, 2.05) is 118 Å². The molecule has 0 saturated carbocycles. The van der Waals surface area contributed by atoms with Gasteiger partial charge in [0.05, 0.1) is 28.7 Å². The smallest absolute Gasteiger partial charge is 0.246 e. The van der Waals surface area contributed by atoms with Crippen molar-refractivity contribution in [3.63, 3.8) is 0 Å². The second-order valence-electron chi connectivity index (χ2n) is 17.2. The number of β-amino-alcohol motifs (C(OH)–C–C–N with tert-alkyl or cyclic N) is 1. The number of thiazole rings is 1. The van der Waals surface area contributed by atoms with Gasteiger partial charge in [0.25, 0.3) is 0 Å². The number of halogens is 1. The highest BCUT2D eigenvalue weighted by molar-refractivity contribution is 7.13. The lowest BCUT2D eigenvalue weighted by atomic mass is 9.85. The molecule has 5 aromatic rings. The normalized spacial score (nSPS) is 15.8. The zero-order valence-corrected chi connectivity index (χ0v) is 38.8. The van der Waals surface area contributed by atoms with E-state index in [1.54, 1.807) is 18.4 Å². The first kappa shape index (κ1) is 47.7. The summed E-state index contributed by atoms with van der Waals surface area (Å²) >= 11 is 7.89. The molecule has 336 valence electrons. The number of hydrogen-bond acceptors (Lipinski definition) is 8. The lowest BCUT2D eigenvalue weighted by Gasteiger charge is -2.35. The number of nitrogens with zero attached hydrogens (tertiary/aromatic N) is 3. The van der Waals surface area contributed by atoms with Gasteiger partial charge in [-0.15, -0.1) is 22.9 Å². The fraction of sp³-hybridized carbons (Fsp3) is 0.353. The first-order valence-corrected chi connectivity index (χ1v) is 23.1. The Morgan fingerprint density at radius 1 is 0.891 bits per heavy atom. The summed E-state index contributed by atoms with van der Waals surface area (Å²) in [5.74, 6) is -0.415. The van der Waals surface area contributed by atoms with E-state index in [4.69, 9.17) is 16.3 Å². The molecule has 1 fully saturated rings. The molecule has 64 heavy (non-hydrogen) atoms. The Morgan fingerprint density at radius 3 is 2.14 bits per heavy atom. The highest BCUT2D eigenvalue weighted by Gasteiger charge is 2.44. The van der Waals surface area contributed by atoms with Crippen LogP contribution in [0.3, 0.4) is 0 Å². The summed E-state index contributed by atoms with van der Waals surface area (Å²) in [5, 5.41) is 16.4. The molecule has 1 aliphatic rings. The van der Waals surface area contributed by atoms with Crippen LogP contribution in [0.15, 0.2) is 115 Å². The number of aromatic nitrogens is 1. The second-order valence-corrected chi connectivity index (χ2v) is 18.4. The van der Waals surface area contributed by atoms with Gasteiger partial charge in [-0.1, -0.05) is 118 Å². The fourth-order valence-corrected chi connectivity index (χ4v) is 8.84. The third-order valence-electron chi connectivity index (χ3n) is 11.4. The Balaban J connectivity index is 0.993. The third-order valence-corrected chi connectivity index (χ3v) is 12.5. The number of carbonyl (C=O) groups excluding carboxylic acids is 4. The van der Waals surface area contributed by atoms with Crippen LogP contribution in [-0.4, -0.2) is 94.3 Å². The number of hydrogen-bond donors (Lipinski definition) is 3. The zero-order valence-electron chi connectivity index (χ0n) is 37.2. The monoisotopic (exact) mass is 903 g/mol. The van der Waals surface area contributed by atoms with Gasteiger partial charge >= 0.3 is 0 Å². The Labute approximate surface area is 385 Å². The minimum atomic E-state index is -1.000. The number of amides is 4. The van der Waals surface area contributed by atoms with Gasteiger partial charge in [0.2, 0.25) is 23.6 Å². The molecule has 6 rings (SSSR count). The van der Waals surface area contributed by atoms with Crippen LogP contribution in [-0.2, 0) is 25.7 Å². The van der Waals surface area contributed by atoms with Crippen LogP contribution in [0.2, 0.25) is 0 Å². The van der Waals surface area contributed by atoms with Crippen molar-refractivity contribution in [2.75, 3.05) is 32.6 Å². The van der Waals surface area contributed by atoms with Crippen molar-refractivity contribution in [2.45, 2.75) is 78.1 Å². The summed E-state index contributed by atoms with van der Waals surface area (Å²) in [7, 11) is 1.66. The maximum Gasteiger partial charge on any atom is 0.246 e. The summed E-state index contributed by atoms with van der Waals surface area (Å²) in [4.78, 5) is 62.3. The van der Waals surface area contributed by atoms with Crippen LogP contribution in [0.1, 0.15) is 74.4 Å². The summed E-state index contributed by atoms with van der Waals surface area (Å²) in [5.41, 5.74) is 9.46. The molecule has 4 amide bonds. The predicted octanol–water partition coefficient (Wildman–Crippen LogP) is 8.13. The minimum Gasteiger partial charge on any atom is -0.492 e. The van der Waals surface area contributed by atoms with Gasteiger partial charge in [-0.25, -0.2) is 4.98 Å². The molecular formula is C51H58ClN5O6S. The molecule has 3 N–H and O–H groups in total. The topological polar surface area (TPSA) is 141 Å². The summed E-state index contributed by atoms with van der Waals surface area (Å²) in [6.07, 6.45) is -0.313. The molecule has 0 spiro atoms. The number of aryl methyl sites for hydroxylation is 1. The number of ether oxygens (including phenoxy) is 1. The average Bonchev–Trinajstić information content (AvgIpc) is 3.92. The van der Waals surface area contributed by atoms with Crippen molar-refractivity contribution in [1.82, 2.24) is 25.4 Å². The molecule has 11 nitrogen and oxygen atoms in total. The molecule has 0 aliphatic carbocycles. The molecule has 1 unspecified atom stereocenters. The summed E-state index contributed by atoms with van der Waals surface area (Å²) in [6.45, 7) is 8.19. The predicted molar refractivity (Wildman–Crippen MR) is 255 cm³/mol. The van der Waals surface area contributed by atoms with Crippen molar-refractivity contribution >= 4 is 57.7 Å². The van der Waals surface area contributed by atoms with Gasteiger partial charge in [-0.2, -0.15) is 0 Å². The standard InChI is InChI=1S/C51H58ClN5O6S/c1-34-47(64-33-54-34)39-18-16-35(17-19-39)31-53-49(61)43-30-40(58)32-57(43)50(62)48(51(2,3)4)55-44(59)24-25-45(60)56(5)28-29-63-41-22-20-38(21-23-41)46(37-14-10-7-11-15-37)42(26-27-52)36-12-8-6-9-13-36/h6-23,33,40,43,48,58H,24-32H2,1-5H3,(H,53,61)(H,55,59)/b46-42-/t40-,43+,48?/m1/s1. The number of carbonyl (C=O) groups is 4. The van der Waals surface area contributed by atoms with Gasteiger partial charge in [-0.05, 0) is 69.9 Å². The Kier molecular flexibility index (Phi) is 16.5. The second kappa shape index (κ2) is 22.2. The van der Waals surface area contributed by atoms with E-state index in [2.05, 4.69) is 39.9 Å². The largest absolute Gasteiger partial charge is 0.492 e. The van der Waals surface area contributed by atoms with E-state index in [0.717, 1.165) is 49.5 Å². The van der Waals surface area contributed by atoms with Crippen molar-refractivity contribution in [1.29, 1.82) is 0 Å². The Hall–Kier alpha value is -5.82. The van der Waals surface area contributed by atoms with Crippen molar-refractivity contribution in [3.05, 3.63) is 143 Å². The van der Waals surface area contributed by atoms with E-state index < -0.39 is 35.4 Å². The molecule has 1 aromatic heterocycles. The van der Waals surface area contributed by atoms with Crippen LogP contribution in [0.4, 0.5) is 0 Å². The van der Waals surface area contributed by atoms with Crippen LogP contribution < -0.4 is 15.4 Å². The average molecular weight is 905 g/mol. The Morgan fingerprint density at radius 2 is 1.53 bits per heavy atom. The molecule has 13 heteroatoms. The van der Waals surface area contributed by atoms with Crippen LogP contribution in [0, 0.1) is 12.3 Å². The molecule has 1 aliphatic heterocycles. The number of nitrogens with one attached hydrogen (secondary N) is 2. The van der Waals surface area contributed by atoms with Crippen molar-refractivity contribution in [3.8, 4) is 16.2 Å². The van der Waals surface area contributed by atoms with Crippen LogP contribution in [0.5, 0.6) is 5.75 Å². The van der Waals surface area contributed by atoms with Gasteiger partial charge < -0.3 is 30.3 Å². The number of rotatable bonds is 18. The van der Waals surface area contributed by atoms with E-state index >= 15 is 0 Å². The van der Waals surface area contributed by atoms with Gasteiger partial charge in [0, 0.05) is 45.3 Å². The molecular weight excluding hydrogens is 846 g/mol. The zero-order chi connectivity index (χ0) is 45.8. The maximum atomic E-state index is 14.1. The molecule has 4 aromatic carbocycles. The number of allylic oxidation sites excluding steroid dienone is 1. The van der Waals surface area contributed by atoms with Crippen molar-refractivity contribution in [2.24, 2.45) is 5.41 Å². The number of benzene rings is 4. The fourth-order valence-electron chi connectivity index (χ4n) is 7.84. The minimum absolute atomic E-state index is 0.0344.